The third-order valence-electron chi connectivity index (χ3n) is 3.67. The number of imidazole rings is 1. The van der Waals surface area contributed by atoms with Gasteiger partial charge in [-0.25, -0.2) is 9.19 Å². The molecule has 26 heavy (non-hydrogen) atoms. The van der Waals surface area contributed by atoms with E-state index in [0.717, 1.165) is 27.5 Å². The molecule has 0 spiro atoms. The number of aromatic nitrogens is 2. The quantitative estimate of drug-likeness (QED) is 0.710. The molecule has 2 aromatic carbocycles. The van der Waals surface area contributed by atoms with Gasteiger partial charge in [-0.05, 0) is 37.6 Å². The summed E-state index contributed by atoms with van der Waals surface area (Å²) in [5, 5.41) is 0. The molecule has 1 aromatic heterocycles. The molecule has 138 valence electrons. The zero-order valence-corrected chi connectivity index (χ0v) is 16.6. The molecule has 0 saturated heterocycles. The molecule has 1 heterocycles. The Bertz CT molecular complexity index is 890. The van der Waals surface area contributed by atoms with E-state index in [9.17, 15) is 4.21 Å². The molecule has 0 saturated carbocycles. The average molecular weight is 372 g/mol. The van der Waals surface area contributed by atoms with Crippen LogP contribution in [0.2, 0.25) is 0 Å². The lowest BCUT2D eigenvalue weighted by atomic mass is 10.2. The van der Waals surface area contributed by atoms with E-state index in [0.29, 0.717) is 5.75 Å². The van der Waals surface area contributed by atoms with Gasteiger partial charge in [0.15, 0.2) is 11.0 Å². The smallest absolute Gasteiger partial charge is 0.150 e. The van der Waals surface area contributed by atoms with Crippen molar-refractivity contribution in [2.45, 2.75) is 32.6 Å². The van der Waals surface area contributed by atoms with Gasteiger partial charge in [-0.15, -0.1) is 0 Å². The molecule has 1 N–H and O–H groups in total. The van der Waals surface area contributed by atoms with Crippen molar-refractivity contribution in [2.24, 2.45) is 0 Å². The van der Waals surface area contributed by atoms with E-state index >= 15 is 0 Å². The summed E-state index contributed by atoms with van der Waals surface area (Å²) in [5.74, 6) is 0.680. The third-order valence-corrected chi connectivity index (χ3v) is 4.95. The van der Waals surface area contributed by atoms with E-state index < -0.39 is 11.0 Å². The third kappa shape index (κ3) is 4.52. The Morgan fingerprint density at radius 1 is 1.12 bits per heavy atom. The van der Waals surface area contributed by atoms with Crippen LogP contribution in [0.15, 0.2) is 59.9 Å². The second-order valence-electron chi connectivity index (χ2n) is 5.45. The predicted octanol–water partition coefficient (Wildman–Crippen LogP) is 4.66. The van der Waals surface area contributed by atoms with Crippen molar-refractivity contribution in [3.8, 4) is 11.4 Å². The van der Waals surface area contributed by atoms with E-state index in [2.05, 4.69) is 9.71 Å². The second-order valence-corrected chi connectivity index (χ2v) is 6.63. The lowest BCUT2D eigenvalue weighted by Gasteiger charge is -2.13. The van der Waals surface area contributed by atoms with Crippen LogP contribution in [0.4, 0.5) is 5.69 Å². The summed E-state index contributed by atoms with van der Waals surface area (Å²) in [4.78, 5) is 5.00. The number of hydrogen-bond acceptors (Lipinski definition) is 3. The Balaban J connectivity index is 0.00000117. The molecule has 0 aliphatic carbocycles. The van der Waals surface area contributed by atoms with Gasteiger partial charge in [-0.1, -0.05) is 32.0 Å². The van der Waals surface area contributed by atoms with Crippen molar-refractivity contribution in [1.29, 1.82) is 0 Å². The number of rotatable bonds is 5. The molecular weight excluding hydrogens is 346 g/mol. The van der Waals surface area contributed by atoms with Gasteiger partial charge < -0.3 is 14.0 Å². The summed E-state index contributed by atoms with van der Waals surface area (Å²) < 4.78 is 22.9. The van der Waals surface area contributed by atoms with Crippen LogP contribution in [0.1, 0.15) is 25.1 Å². The summed E-state index contributed by atoms with van der Waals surface area (Å²) >= 11 is 0. The molecule has 3 aromatic rings. The maximum atomic E-state index is 12.5. The van der Waals surface area contributed by atoms with Crippen LogP contribution in [0.25, 0.3) is 5.69 Å². The first-order chi connectivity index (χ1) is 12.6. The van der Waals surface area contributed by atoms with Crippen molar-refractivity contribution < 1.29 is 8.95 Å². The SMILES string of the molecule is CC.COc1cc(NS(=O)c2ccccc2C)ccc1-n1cnc(C)c1. The molecule has 3 rings (SSSR count). The van der Waals surface area contributed by atoms with Crippen LogP contribution in [0.3, 0.4) is 0 Å². The zero-order valence-electron chi connectivity index (χ0n) is 15.8. The number of hydrogen-bond donors (Lipinski definition) is 1. The fourth-order valence-electron chi connectivity index (χ4n) is 2.43. The molecule has 0 aliphatic rings. The van der Waals surface area contributed by atoms with Crippen LogP contribution in [-0.2, 0) is 11.0 Å². The molecule has 0 amide bonds. The highest BCUT2D eigenvalue weighted by molar-refractivity contribution is 7.86. The summed E-state index contributed by atoms with van der Waals surface area (Å²) in [7, 11) is 0.288. The summed E-state index contributed by atoms with van der Waals surface area (Å²) in [5.41, 5.74) is 3.53. The molecular formula is C20H25N3O2S. The van der Waals surface area contributed by atoms with Crippen LogP contribution in [0, 0.1) is 13.8 Å². The van der Waals surface area contributed by atoms with Crippen LogP contribution >= 0.6 is 0 Å². The topological polar surface area (TPSA) is 56.1 Å². The van der Waals surface area contributed by atoms with Crippen LogP contribution in [-0.4, -0.2) is 20.9 Å². The average Bonchev–Trinajstić information content (AvgIpc) is 3.09. The highest BCUT2D eigenvalue weighted by atomic mass is 32.2. The minimum atomic E-state index is -1.33. The van der Waals surface area contributed by atoms with E-state index in [1.807, 2.05) is 80.9 Å². The molecule has 0 aliphatic heterocycles. The Hall–Kier alpha value is -2.60. The standard InChI is InChI=1S/C18H19N3O2S.C2H6/c1-13-6-4-5-7-18(13)24(22)20-15-8-9-16(17(10-15)23-3)21-11-14(2)19-12-21;1-2/h4-12,20H,1-3H3;1-2H3. The van der Waals surface area contributed by atoms with E-state index in [4.69, 9.17) is 4.74 Å². The fourth-order valence-corrected chi connectivity index (χ4v) is 3.45. The van der Waals surface area contributed by atoms with Gasteiger partial charge >= 0.3 is 0 Å². The van der Waals surface area contributed by atoms with Crippen molar-refractivity contribution in [2.75, 3.05) is 11.8 Å². The molecule has 5 nitrogen and oxygen atoms in total. The summed E-state index contributed by atoms with van der Waals surface area (Å²) in [6, 6.07) is 13.2. The van der Waals surface area contributed by atoms with E-state index in [1.54, 1.807) is 13.4 Å². The number of methoxy groups -OCH3 is 1. The first kappa shape index (κ1) is 19.7. The van der Waals surface area contributed by atoms with Crippen molar-refractivity contribution in [3.05, 3.63) is 66.2 Å². The number of benzene rings is 2. The fraction of sp³-hybridized carbons (Fsp3) is 0.250. The van der Waals surface area contributed by atoms with Gasteiger partial charge in [0.05, 0.1) is 35.4 Å². The monoisotopic (exact) mass is 371 g/mol. The van der Waals surface area contributed by atoms with Gasteiger partial charge in [-0.2, -0.15) is 0 Å². The van der Waals surface area contributed by atoms with Gasteiger partial charge in [0.2, 0.25) is 0 Å². The highest BCUT2D eigenvalue weighted by Crippen LogP contribution is 2.27. The van der Waals surface area contributed by atoms with Crippen molar-refractivity contribution >= 4 is 16.7 Å². The summed E-state index contributed by atoms with van der Waals surface area (Å²) in [6.45, 7) is 7.88. The molecule has 0 radical (unpaired) electrons. The molecule has 1 atom stereocenters. The van der Waals surface area contributed by atoms with Gasteiger partial charge in [0, 0.05) is 12.3 Å². The maximum Gasteiger partial charge on any atom is 0.150 e. The second kappa shape index (κ2) is 9.20. The number of ether oxygens (including phenoxy) is 1. The number of nitrogens with one attached hydrogen (secondary N) is 1. The molecule has 1 unspecified atom stereocenters. The van der Waals surface area contributed by atoms with Crippen LogP contribution < -0.4 is 9.46 Å². The number of anilines is 1. The maximum absolute atomic E-state index is 12.5. The Kier molecular flexibility index (Phi) is 6.97. The first-order valence-corrected chi connectivity index (χ1v) is 9.66. The number of aryl methyl sites for hydroxylation is 2. The zero-order chi connectivity index (χ0) is 19.1. The predicted molar refractivity (Wildman–Crippen MR) is 107 cm³/mol. The van der Waals surface area contributed by atoms with Gasteiger partial charge in [-0.3, -0.25) is 0 Å². The van der Waals surface area contributed by atoms with Gasteiger partial charge in [0.1, 0.15) is 5.75 Å². The minimum absolute atomic E-state index is 0.680. The minimum Gasteiger partial charge on any atom is -0.494 e. The summed E-state index contributed by atoms with van der Waals surface area (Å²) in [6.07, 6.45) is 3.67. The van der Waals surface area contributed by atoms with Crippen molar-refractivity contribution in [3.63, 3.8) is 0 Å². The Morgan fingerprint density at radius 2 is 1.85 bits per heavy atom. The van der Waals surface area contributed by atoms with E-state index in [1.165, 1.54) is 0 Å². The first-order valence-electron chi connectivity index (χ1n) is 8.51. The molecule has 0 fully saturated rings. The lowest BCUT2D eigenvalue weighted by molar-refractivity contribution is 0.413. The normalized spacial score (nSPS) is 11.3. The number of nitrogens with zero attached hydrogens (tertiary/aromatic N) is 2. The highest BCUT2D eigenvalue weighted by Gasteiger charge is 2.10. The molecule has 6 heteroatoms. The molecule has 0 bridgehead atoms. The Morgan fingerprint density at radius 3 is 2.46 bits per heavy atom. The lowest BCUT2D eigenvalue weighted by Crippen LogP contribution is -2.07. The van der Waals surface area contributed by atoms with Crippen molar-refractivity contribution in [1.82, 2.24) is 9.55 Å². The van der Waals surface area contributed by atoms with Gasteiger partial charge in [0.25, 0.3) is 0 Å². The largest absolute Gasteiger partial charge is 0.494 e. The van der Waals surface area contributed by atoms with Crippen LogP contribution in [0.5, 0.6) is 5.75 Å². The van der Waals surface area contributed by atoms with E-state index in [-0.39, 0.29) is 0 Å². The Labute approximate surface area is 157 Å².